The van der Waals surface area contributed by atoms with Crippen LogP contribution in [-0.2, 0) is 4.74 Å². The molecule has 1 heterocycles. The molecular formula is C13H29N3O. The van der Waals surface area contributed by atoms with Crippen LogP contribution in [0.25, 0.3) is 0 Å². The topological polar surface area (TPSA) is 41.7 Å². The highest BCUT2D eigenvalue weighted by molar-refractivity contribution is 4.78. The van der Waals surface area contributed by atoms with E-state index in [2.05, 4.69) is 23.9 Å². The van der Waals surface area contributed by atoms with E-state index >= 15 is 0 Å². The van der Waals surface area contributed by atoms with Crippen molar-refractivity contribution in [1.82, 2.24) is 9.80 Å². The van der Waals surface area contributed by atoms with Crippen LogP contribution in [-0.4, -0.2) is 69.8 Å². The second-order valence-corrected chi connectivity index (χ2v) is 5.40. The van der Waals surface area contributed by atoms with Crippen LogP contribution >= 0.6 is 0 Å². The lowest BCUT2D eigenvalue weighted by Gasteiger charge is -2.29. The molecule has 0 aromatic heterocycles. The van der Waals surface area contributed by atoms with Gasteiger partial charge in [-0.05, 0) is 52.4 Å². The molecule has 1 rings (SSSR count). The van der Waals surface area contributed by atoms with Gasteiger partial charge in [-0.3, -0.25) is 0 Å². The van der Waals surface area contributed by atoms with E-state index in [9.17, 15) is 0 Å². The summed E-state index contributed by atoms with van der Waals surface area (Å²) in [4.78, 5) is 4.88. The first-order valence-corrected chi connectivity index (χ1v) is 6.75. The highest BCUT2D eigenvalue weighted by atomic mass is 16.5. The zero-order valence-electron chi connectivity index (χ0n) is 11.7. The van der Waals surface area contributed by atoms with Gasteiger partial charge in [-0.25, -0.2) is 0 Å². The molecule has 2 atom stereocenters. The molecule has 0 radical (unpaired) electrons. The summed E-state index contributed by atoms with van der Waals surface area (Å²) in [7, 11) is 6.21. The predicted molar refractivity (Wildman–Crippen MR) is 72.2 cm³/mol. The molecule has 0 aromatic carbocycles. The fourth-order valence-corrected chi connectivity index (χ4v) is 2.71. The number of likely N-dealkylation sites (tertiary alicyclic amines) is 1. The predicted octanol–water partition coefficient (Wildman–Crippen LogP) is 0.624. The summed E-state index contributed by atoms with van der Waals surface area (Å²) in [5.41, 5.74) is 5.59. The second-order valence-electron chi connectivity index (χ2n) is 5.40. The van der Waals surface area contributed by atoms with E-state index in [0.29, 0.717) is 6.04 Å². The van der Waals surface area contributed by atoms with Crippen molar-refractivity contribution in [3.8, 4) is 0 Å². The number of methoxy groups -OCH3 is 1. The summed E-state index contributed by atoms with van der Waals surface area (Å²) in [6, 6.07) is 0.523. The summed E-state index contributed by atoms with van der Waals surface area (Å²) in [5, 5.41) is 0. The summed E-state index contributed by atoms with van der Waals surface area (Å²) >= 11 is 0. The Labute approximate surface area is 106 Å². The molecule has 1 fully saturated rings. The highest BCUT2D eigenvalue weighted by Crippen LogP contribution is 2.17. The number of ether oxygens (including phenoxy) is 1. The van der Waals surface area contributed by atoms with E-state index < -0.39 is 0 Å². The number of hydrogen-bond donors (Lipinski definition) is 1. The third-order valence-corrected chi connectivity index (χ3v) is 3.76. The molecule has 0 saturated carbocycles. The maximum absolute atomic E-state index is 5.59. The van der Waals surface area contributed by atoms with Crippen molar-refractivity contribution in [2.45, 2.75) is 25.3 Å². The van der Waals surface area contributed by atoms with Gasteiger partial charge >= 0.3 is 0 Å². The van der Waals surface area contributed by atoms with Gasteiger partial charge < -0.3 is 20.3 Å². The molecule has 1 aliphatic heterocycles. The van der Waals surface area contributed by atoms with Crippen molar-refractivity contribution in [2.24, 2.45) is 11.7 Å². The van der Waals surface area contributed by atoms with Gasteiger partial charge in [-0.15, -0.1) is 0 Å². The van der Waals surface area contributed by atoms with Crippen molar-refractivity contribution in [3.05, 3.63) is 0 Å². The van der Waals surface area contributed by atoms with Crippen LogP contribution in [0.4, 0.5) is 0 Å². The van der Waals surface area contributed by atoms with Crippen LogP contribution in [0.5, 0.6) is 0 Å². The first-order valence-electron chi connectivity index (χ1n) is 6.75. The molecule has 0 amide bonds. The van der Waals surface area contributed by atoms with Crippen molar-refractivity contribution in [1.29, 1.82) is 0 Å². The van der Waals surface area contributed by atoms with Crippen LogP contribution in [0.15, 0.2) is 0 Å². The first kappa shape index (κ1) is 14.9. The Morgan fingerprint density at radius 3 is 2.82 bits per heavy atom. The van der Waals surface area contributed by atoms with E-state index in [-0.39, 0.29) is 0 Å². The molecule has 17 heavy (non-hydrogen) atoms. The van der Waals surface area contributed by atoms with Crippen LogP contribution in [0, 0.1) is 5.92 Å². The molecule has 1 saturated heterocycles. The number of nitrogens with zero attached hydrogens (tertiary/aromatic N) is 2. The van der Waals surface area contributed by atoms with Crippen molar-refractivity contribution in [3.63, 3.8) is 0 Å². The number of rotatable bonds is 8. The molecule has 0 bridgehead atoms. The van der Waals surface area contributed by atoms with Crippen LogP contribution in [0.1, 0.15) is 19.3 Å². The van der Waals surface area contributed by atoms with Crippen LogP contribution in [0.2, 0.25) is 0 Å². The Balaban J connectivity index is 2.32. The molecule has 2 N–H and O–H groups in total. The third-order valence-electron chi connectivity index (χ3n) is 3.76. The maximum Gasteiger partial charge on any atom is 0.0617 e. The maximum atomic E-state index is 5.59. The molecule has 0 aromatic rings. The molecule has 1 aliphatic rings. The van der Waals surface area contributed by atoms with Gasteiger partial charge in [0.15, 0.2) is 0 Å². The molecular weight excluding hydrogens is 214 g/mol. The van der Waals surface area contributed by atoms with E-state index in [0.717, 1.165) is 31.9 Å². The van der Waals surface area contributed by atoms with Crippen LogP contribution < -0.4 is 5.73 Å². The number of likely N-dealkylation sites (N-methyl/N-ethyl adjacent to an activating group) is 1. The van der Waals surface area contributed by atoms with Gasteiger partial charge in [0.2, 0.25) is 0 Å². The average Bonchev–Trinajstić information content (AvgIpc) is 2.70. The molecule has 4 heteroatoms. The quantitative estimate of drug-likeness (QED) is 0.679. The monoisotopic (exact) mass is 243 g/mol. The fourth-order valence-electron chi connectivity index (χ4n) is 2.71. The van der Waals surface area contributed by atoms with Crippen molar-refractivity contribution >= 4 is 0 Å². The van der Waals surface area contributed by atoms with Gasteiger partial charge in [-0.2, -0.15) is 0 Å². The average molecular weight is 243 g/mol. The number of nitrogens with two attached hydrogens (primary N) is 1. The van der Waals surface area contributed by atoms with Crippen molar-refractivity contribution < 1.29 is 4.74 Å². The SMILES string of the molecule is COCC(CCCN)N(C)CC1CCN(C)C1. The third kappa shape index (κ3) is 5.34. The Morgan fingerprint density at radius 2 is 2.29 bits per heavy atom. The summed E-state index contributed by atoms with van der Waals surface area (Å²) < 4.78 is 5.31. The Hall–Kier alpha value is -0.160. The molecule has 4 nitrogen and oxygen atoms in total. The Kier molecular flexibility index (Phi) is 7.04. The zero-order chi connectivity index (χ0) is 12.7. The van der Waals surface area contributed by atoms with Crippen molar-refractivity contribution in [2.75, 3.05) is 54.0 Å². The Bertz CT molecular complexity index is 201. The lowest BCUT2D eigenvalue weighted by molar-refractivity contribution is 0.0911. The minimum atomic E-state index is 0.523. The lowest BCUT2D eigenvalue weighted by Crippen LogP contribution is -2.39. The normalized spacial score (nSPS) is 23.5. The van der Waals surface area contributed by atoms with Crippen LogP contribution in [0.3, 0.4) is 0 Å². The molecule has 2 unspecified atom stereocenters. The summed E-state index contributed by atoms with van der Waals surface area (Å²) in [5.74, 6) is 0.822. The van der Waals surface area contributed by atoms with Gasteiger partial charge in [0.1, 0.15) is 0 Å². The largest absolute Gasteiger partial charge is 0.383 e. The first-order chi connectivity index (χ1) is 8.17. The second kappa shape index (κ2) is 8.03. The lowest BCUT2D eigenvalue weighted by atomic mass is 10.1. The minimum absolute atomic E-state index is 0.523. The van der Waals surface area contributed by atoms with Gasteiger partial charge in [-0.1, -0.05) is 0 Å². The standard InChI is InChI=1S/C13H29N3O/c1-15-8-6-12(9-15)10-16(2)13(11-17-3)5-4-7-14/h12-13H,4-11,14H2,1-3H3. The Morgan fingerprint density at radius 1 is 1.53 bits per heavy atom. The van der Waals surface area contributed by atoms with E-state index in [1.165, 1.54) is 26.1 Å². The van der Waals surface area contributed by atoms with E-state index in [1.54, 1.807) is 7.11 Å². The smallest absolute Gasteiger partial charge is 0.0617 e. The molecule has 0 aliphatic carbocycles. The minimum Gasteiger partial charge on any atom is -0.383 e. The zero-order valence-corrected chi connectivity index (χ0v) is 11.7. The number of hydrogen-bond acceptors (Lipinski definition) is 4. The van der Waals surface area contributed by atoms with Gasteiger partial charge in [0.05, 0.1) is 6.61 Å². The highest BCUT2D eigenvalue weighted by Gasteiger charge is 2.23. The molecule has 102 valence electrons. The fraction of sp³-hybridized carbons (Fsp3) is 1.00. The summed E-state index contributed by atoms with van der Waals surface area (Å²) in [6.07, 6.45) is 3.56. The summed E-state index contributed by atoms with van der Waals surface area (Å²) in [6.45, 7) is 5.26. The van der Waals surface area contributed by atoms with Gasteiger partial charge in [0.25, 0.3) is 0 Å². The van der Waals surface area contributed by atoms with Gasteiger partial charge in [0, 0.05) is 26.2 Å². The van der Waals surface area contributed by atoms with E-state index in [1.807, 2.05) is 0 Å². The molecule has 0 spiro atoms. The van der Waals surface area contributed by atoms with E-state index in [4.69, 9.17) is 10.5 Å².